The van der Waals surface area contributed by atoms with Gasteiger partial charge in [0, 0.05) is 17.1 Å². The molecular weight excluding hydrogens is 232 g/mol. The molecule has 1 aliphatic rings. The van der Waals surface area contributed by atoms with Crippen LogP contribution in [-0.4, -0.2) is 14.5 Å². The first-order valence-corrected chi connectivity index (χ1v) is 7.25. The molecule has 1 saturated carbocycles. The number of nitrogen functional groups attached to an aromatic ring is 1. The maximum Gasteiger partial charge on any atom is 0.250 e. The Kier molecular flexibility index (Phi) is 2.74. The van der Waals surface area contributed by atoms with E-state index in [0.29, 0.717) is 15.8 Å². The van der Waals surface area contributed by atoms with Crippen LogP contribution >= 0.6 is 11.3 Å². The van der Waals surface area contributed by atoms with Gasteiger partial charge in [-0.1, -0.05) is 13.3 Å². The van der Waals surface area contributed by atoms with E-state index < -0.39 is 10.0 Å². The van der Waals surface area contributed by atoms with Crippen molar-refractivity contribution in [2.75, 3.05) is 5.73 Å². The fourth-order valence-corrected chi connectivity index (χ4v) is 3.99. The molecule has 1 aromatic rings. The molecule has 2 unspecified atom stereocenters. The van der Waals surface area contributed by atoms with Gasteiger partial charge in [-0.25, -0.2) is 13.1 Å². The molecule has 15 heavy (non-hydrogen) atoms. The number of nitrogens with two attached hydrogens (primary N) is 1. The van der Waals surface area contributed by atoms with E-state index in [1.54, 1.807) is 5.38 Å². The summed E-state index contributed by atoms with van der Waals surface area (Å²) in [6.07, 6.45) is 1.98. The molecule has 1 heterocycles. The van der Waals surface area contributed by atoms with Crippen molar-refractivity contribution in [2.24, 2.45) is 5.92 Å². The molecular formula is C9H14N2O2S2. The lowest BCUT2D eigenvalue weighted by Gasteiger charge is -2.02. The fourth-order valence-electron chi connectivity index (χ4n) is 1.57. The van der Waals surface area contributed by atoms with E-state index in [-0.39, 0.29) is 6.04 Å². The zero-order chi connectivity index (χ0) is 11.1. The second kappa shape index (κ2) is 3.77. The molecule has 3 N–H and O–H groups in total. The lowest BCUT2D eigenvalue weighted by Crippen LogP contribution is -2.26. The van der Waals surface area contributed by atoms with Gasteiger partial charge in [0.15, 0.2) is 0 Å². The van der Waals surface area contributed by atoms with Crippen LogP contribution in [0, 0.1) is 5.92 Å². The minimum Gasteiger partial charge on any atom is -0.398 e. The van der Waals surface area contributed by atoms with Crippen molar-refractivity contribution in [3.63, 3.8) is 0 Å². The van der Waals surface area contributed by atoms with Gasteiger partial charge in [-0.05, 0) is 18.4 Å². The standard InChI is InChI=1S/C9H14N2O2S2/c1-2-6-3-8(6)11-15(12,13)9-4-7(10)5-14-9/h4-6,8,11H,2-3,10H2,1H3. The molecule has 4 nitrogen and oxygen atoms in total. The number of hydrogen-bond donors (Lipinski definition) is 2. The van der Waals surface area contributed by atoms with Gasteiger partial charge in [0.25, 0.3) is 0 Å². The summed E-state index contributed by atoms with van der Waals surface area (Å²) in [6, 6.07) is 1.62. The highest BCUT2D eigenvalue weighted by molar-refractivity contribution is 7.91. The third-order valence-electron chi connectivity index (χ3n) is 2.61. The Bertz CT molecular complexity index is 452. The van der Waals surface area contributed by atoms with Crippen molar-refractivity contribution in [1.82, 2.24) is 4.72 Å². The molecule has 1 aliphatic carbocycles. The van der Waals surface area contributed by atoms with Crippen LogP contribution in [0.15, 0.2) is 15.7 Å². The molecule has 0 aromatic carbocycles. The highest BCUT2D eigenvalue weighted by Crippen LogP contribution is 2.35. The van der Waals surface area contributed by atoms with Crippen LogP contribution in [-0.2, 0) is 10.0 Å². The third kappa shape index (κ3) is 2.32. The average Bonchev–Trinajstić information content (AvgIpc) is 2.74. The Hall–Kier alpha value is -0.590. The molecule has 0 bridgehead atoms. The quantitative estimate of drug-likeness (QED) is 0.843. The molecule has 0 amide bonds. The lowest BCUT2D eigenvalue weighted by atomic mass is 10.3. The molecule has 0 spiro atoms. The molecule has 1 aromatic heterocycles. The summed E-state index contributed by atoms with van der Waals surface area (Å²) in [6.45, 7) is 2.07. The van der Waals surface area contributed by atoms with E-state index in [9.17, 15) is 8.42 Å². The smallest absolute Gasteiger partial charge is 0.250 e. The molecule has 6 heteroatoms. The van der Waals surface area contributed by atoms with Gasteiger partial charge in [0.05, 0.1) is 0 Å². The molecule has 1 fully saturated rings. The van der Waals surface area contributed by atoms with Crippen LogP contribution in [0.5, 0.6) is 0 Å². The van der Waals surface area contributed by atoms with E-state index in [0.717, 1.165) is 24.2 Å². The second-order valence-corrected chi connectivity index (χ2v) is 6.68. The topological polar surface area (TPSA) is 72.2 Å². The number of thiophene rings is 1. The zero-order valence-corrected chi connectivity index (χ0v) is 10.1. The number of rotatable bonds is 4. The summed E-state index contributed by atoms with van der Waals surface area (Å²) in [7, 11) is -3.33. The molecule has 2 rings (SSSR count). The van der Waals surface area contributed by atoms with Crippen LogP contribution in [0.1, 0.15) is 19.8 Å². The first-order valence-electron chi connectivity index (χ1n) is 4.89. The van der Waals surface area contributed by atoms with Crippen LogP contribution < -0.4 is 10.5 Å². The highest BCUT2D eigenvalue weighted by atomic mass is 32.2. The Labute approximate surface area is 93.5 Å². The maximum absolute atomic E-state index is 11.8. The predicted octanol–water partition coefficient (Wildman–Crippen LogP) is 1.41. The summed E-state index contributed by atoms with van der Waals surface area (Å²) in [5, 5.41) is 1.64. The van der Waals surface area contributed by atoms with Crippen molar-refractivity contribution in [3.8, 4) is 0 Å². The van der Waals surface area contributed by atoms with Crippen LogP contribution in [0.3, 0.4) is 0 Å². The second-order valence-electron chi connectivity index (χ2n) is 3.83. The Balaban J connectivity index is 2.08. The number of nitrogens with one attached hydrogen (secondary N) is 1. The van der Waals surface area contributed by atoms with Gasteiger partial charge in [-0.3, -0.25) is 0 Å². The summed E-state index contributed by atoms with van der Waals surface area (Å²) >= 11 is 1.16. The van der Waals surface area contributed by atoms with Crippen molar-refractivity contribution < 1.29 is 8.42 Å². The van der Waals surface area contributed by atoms with Gasteiger partial charge in [0.1, 0.15) is 4.21 Å². The molecule has 0 saturated heterocycles. The molecule has 0 aliphatic heterocycles. The minimum atomic E-state index is -3.33. The summed E-state index contributed by atoms with van der Waals surface area (Å²) < 4.78 is 26.6. The number of hydrogen-bond acceptors (Lipinski definition) is 4. The SMILES string of the molecule is CCC1CC1NS(=O)(=O)c1cc(N)cs1. The Morgan fingerprint density at radius 1 is 1.67 bits per heavy atom. The van der Waals surface area contributed by atoms with Crippen molar-refractivity contribution >= 4 is 27.0 Å². The van der Waals surface area contributed by atoms with E-state index in [1.165, 1.54) is 6.07 Å². The van der Waals surface area contributed by atoms with E-state index >= 15 is 0 Å². The van der Waals surface area contributed by atoms with Crippen LogP contribution in [0.2, 0.25) is 0 Å². The monoisotopic (exact) mass is 246 g/mol. The first kappa shape index (κ1) is 10.9. The predicted molar refractivity (Wildman–Crippen MR) is 61.2 cm³/mol. The van der Waals surface area contributed by atoms with Crippen molar-refractivity contribution in [3.05, 3.63) is 11.4 Å². The van der Waals surface area contributed by atoms with E-state index in [2.05, 4.69) is 11.6 Å². The summed E-state index contributed by atoms with van der Waals surface area (Å²) in [5.41, 5.74) is 6.00. The van der Waals surface area contributed by atoms with E-state index in [1.807, 2.05) is 0 Å². The fraction of sp³-hybridized carbons (Fsp3) is 0.556. The van der Waals surface area contributed by atoms with Gasteiger partial charge in [0.2, 0.25) is 10.0 Å². The maximum atomic E-state index is 11.8. The molecule has 2 atom stereocenters. The van der Waals surface area contributed by atoms with Crippen molar-refractivity contribution in [1.29, 1.82) is 0 Å². The number of sulfonamides is 1. The van der Waals surface area contributed by atoms with Crippen LogP contribution in [0.4, 0.5) is 5.69 Å². The largest absolute Gasteiger partial charge is 0.398 e. The van der Waals surface area contributed by atoms with Gasteiger partial charge < -0.3 is 5.73 Å². The Morgan fingerprint density at radius 3 is 2.87 bits per heavy atom. The lowest BCUT2D eigenvalue weighted by molar-refractivity contribution is 0.578. The summed E-state index contributed by atoms with van der Waals surface area (Å²) in [4.78, 5) is 0. The van der Waals surface area contributed by atoms with Gasteiger partial charge in [-0.15, -0.1) is 11.3 Å². The van der Waals surface area contributed by atoms with Crippen molar-refractivity contribution in [2.45, 2.75) is 30.0 Å². The van der Waals surface area contributed by atoms with Gasteiger partial charge in [-0.2, -0.15) is 0 Å². The minimum absolute atomic E-state index is 0.128. The molecule has 0 radical (unpaired) electrons. The van der Waals surface area contributed by atoms with Crippen LogP contribution in [0.25, 0.3) is 0 Å². The first-order chi connectivity index (χ1) is 7.03. The zero-order valence-electron chi connectivity index (χ0n) is 8.43. The Morgan fingerprint density at radius 2 is 2.40 bits per heavy atom. The van der Waals surface area contributed by atoms with E-state index in [4.69, 9.17) is 5.73 Å². The highest BCUT2D eigenvalue weighted by Gasteiger charge is 2.38. The average molecular weight is 246 g/mol. The normalized spacial score (nSPS) is 25.4. The number of anilines is 1. The summed E-state index contributed by atoms with van der Waals surface area (Å²) in [5.74, 6) is 0.511. The van der Waals surface area contributed by atoms with Gasteiger partial charge >= 0.3 is 0 Å². The third-order valence-corrected chi connectivity index (χ3v) is 5.56. The molecule has 84 valence electrons.